The molecule has 0 fully saturated rings. The highest BCUT2D eigenvalue weighted by Gasteiger charge is 2.17. The van der Waals surface area contributed by atoms with Crippen LogP contribution in [0.15, 0.2) is 73.1 Å². The van der Waals surface area contributed by atoms with E-state index in [1.807, 2.05) is 60.7 Å². The van der Waals surface area contributed by atoms with E-state index in [1.54, 1.807) is 19.5 Å². The number of anilines is 1. The molecule has 0 aliphatic rings. The summed E-state index contributed by atoms with van der Waals surface area (Å²) in [6, 6.07) is 19.4. The van der Waals surface area contributed by atoms with Crippen molar-refractivity contribution in [2.45, 2.75) is 0 Å². The van der Waals surface area contributed by atoms with Crippen LogP contribution in [0.1, 0.15) is 0 Å². The summed E-state index contributed by atoms with van der Waals surface area (Å²) in [7, 11) is 1.61. The van der Waals surface area contributed by atoms with Gasteiger partial charge in [-0.05, 0) is 41.5 Å². The summed E-state index contributed by atoms with van der Waals surface area (Å²) in [5.41, 5.74) is 11.7. The van der Waals surface area contributed by atoms with Crippen LogP contribution < -0.4 is 10.5 Å². The molecule has 7 nitrogen and oxygen atoms in total. The molecule has 0 spiro atoms. The number of aromatic nitrogens is 5. The first-order valence-electron chi connectivity index (χ1n) is 9.41. The van der Waals surface area contributed by atoms with E-state index >= 15 is 0 Å². The zero-order valence-electron chi connectivity index (χ0n) is 16.2. The fourth-order valence-corrected chi connectivity index (χ4v) is 3.48. The number of pyridine rings is 3. The number of hydrogen-bond donors (Lipinski definition) is 2. The highest BCUT2D eigenvalue weighted by Crippen LogP contribution is 2.35. The predicted molar refractivity (Wildman–Crippen MR) is 117 cm³/mol. The van der Waals surface area contributed by atoms with Crippen molar-refractivity contribution in [2.24, 2.45) is 0 Å². The molecule has 0 aliphatic carbocycles. The number of nitrogens with one attached hydrogen (secondary N) is 1. The number of nitrogens with two attached hydrogens (primary N) is 1. The lowest BCUT2D eigenvalue weighted by Crippen LogP contribution is -1.97. The minimum Gasteiger partial charge on any atom is -0.494 e. The van der Waals surface area contributed by atoms with Gasteiger partial charge in [-0.1, -0.05) is 30.3 Å². The van der Waals surface area contributed by atoms with Crippen LogP contribution in [0.3, 0.4) is 0 Å². The molecule has 0 aliphatic heterocycles. The number of benzene rings is 1. The summed E-state index contributed by atoms with van der Waals surface area (Å²) in [4.78, 5) is 21.4. The summed E-state index contributed by atoms with van der Waals surface area (Å²) in [5.74, 6) is 1.68. The predicted octanol–water partition coefficient (Wildman–Crippen LogP) is 4.34. The molecule has 0 saturated heterocycles. The lowest BCUT2D eigenvalue weighted by atomic mass is 10.0. The van der Waals surface area contributed by atoms with E-state index in [0.717, 1.165) is 22.2 Å². The van der Waals surface area contributed by atoms with Crippen LogP contribution in [0.5, 0.6) is 5.75 Å². The van der Waals surface area contributed by atoms with Gasteiger partial charge in [-0.2, -0.15) is 0 Å². The Kier molecular flexibility index (Phi) is 4.33. The van der Waals surface area contributed by atoms with Gasteiger partial charge in [0.2, 0.25) is 0 Å². The van der Waals surface area contributed by atoms with Crippen LogP contribution in [0.25, 0.3) is 45.1 Å². The molecular formula is C23H18N6O. The zero-order valence-corrected chi connectivity index (χ0v) is 16.2. The Balaban J connectivity index is 1.66. The van der Waals surface area contributed by atoms with Crippen molar-refractivity contribution >= 4 is 17.0 Å². The number of nitrogens with zero attached hydrogens (tertiary/aromatic N) is 4. The van der Waals surface area contributed by atoms with E-state index in [9.17, 15) is 0 Å². The highest BCUT2D eigenvalue weighted by atomic mass is 16.5. The summed E-state index contributed by atoms with van der Waals surface area (Å²) >= 11 is 0. The van der Waals surface area contributed by atoms with Crippen molar-refractivity contribution in [1.29, 1.82) is 0 Å². The van der Waals surface area contributed by atoms with E-state index in [0.29, 0.717) is 34.4 Å². The molecule has 146 valence electrons. The third-order valence-electron chi connectivity index (χ3n) is 4.88. The van der Waals surface area contributed by atoms with Gasteiger partial charge in [-0.3, -0.25) is 4.98 Å². The normalized spacial score (nSPS) is 11.0. The highest BCUT2D eigenvalue weighted by molar-refractivity contribution is 5.90. The molecule has 7 heteroatoms. The number of ether oxygens (including phenoxy) is 1. The number of imidazole rings is 1. The SMILES string of the molecule is COc1cccnc1-c1ccc2[nH]c(-c3c(-c4ccccc4)ccnc3N)nc2n1. The van der Waals surface area contributed by atoms with Crippen molar-refractivity contribution in [3.63, 3.8) is 0 Å². The first-order chi connectivity index (χ1) is 14.7. The largest absolute Gasteiger partial charge is 0.494 e. The molecule has 0 amide bonds. The molecule has 3 N–H and O–H groups in total. The summed E-state index contributed by atoms with van der Waals surface area (Å²) in [5, 5.41) is 0. The van der Waals surface area contributed by atoms with E-state index in [4.69, 9.17) is 15.5 Å². The molecule has 0 unspecified atom stereocenters. The fourth-order valence-electron chi connectivity index (χ4n) is 3.48. The number of H-pyrrole nitrogens is 1. The smallest absolute Gasteiger partial charge is 0.178 e. The average Bonchev–Trinajstić information content (AvgIpc) is 3.22. The Hall–Kier alpha value is -4.26. The van der Waals surface area contributed by atoms with Crippen molar-refractivity contribution < 1.29 is 4.74 Å². The maximum Gasteiger partial charge on any atom is 0.178 e. The Bertz CT molecular complexity index is 1350. The van der Waals surface area contributed by atoms with E-state index in [-0.39, 0.29) is 0 Å². The van der Waals surface area contributed by atoms with Crippen molar-refractivity contribution in [3.05, 3.63) is 73.1 Å². The Labute approximate surface area is 172 Å². The molecule has 0 radical (unpaired) electrons. The molecule has 5 rings (SSSR count). The maximum atomic E-state index is 6.25. The van der Waals surface area contributed by atoms with Crippen LogP contribution >= 0.6 is 0 Å². The van der Waals surface area contributed by atoms with E-state index in [2.05, 4.69) is 19.9 Å². The standard InChI is InChI=1S/C23H18N6O/c1-30-18-8-5-12-25-20(18)16-9-10-17-22(27-16)29-23(28-17)19-15(11-13-26-21(19)24)14-6-3-2-4-7-14/h2-13H,1H3,(H2,24,26)(H,27,28,29). The molecule has 4 heterocycles. The quantitative estimate of drug-likeness (QED) is 0.470. The molecule has 5 aromatic rings. The fraction of sp³-hybridized carbons (Fsp3) is 0.0435. The monoisotopic (exact) mass is 394 g/mol. The van der Waals surface area contributed by atoms with Crippen molar-refractivity contribution in [2.75, 3.05) is 12.8 Å². The van der Waals surface area contributed by atoms with Gasteiger partial charge in [0, 0.05) is 12.4 Å². The third kappa shape index (κ3) is 3.02. The topological polar surface area (TPSA) is 103 Å². The molecule has 30 heavy (non-hydrogen) atoms. The Morgan fingerprint density at radius 1 is 0.867 bits per heavy atom. The Morgan fingerprint density at radius 2 is 1.73 bits per heavy atom. The van der Waals surface area contributed by atoms with Crippen LogP contribution in [-0.4, -0.2) is 32.0 Å². The van der Waals surface area contributed by atoms with Gasteiger partial charge < -0.3 is 15.5 Å². The van der Waals surface area contributed by atoms with E-state index in [1.165, 1.54) is 0 Å². The first kappa shape index (κ1) is 17.8. The van der Waals surface area contributed by atoms with Crippen LogP contribution in [0.2, 0.25) is 0 Å². The van der Waals surface area contributed by atoms with Crippen molar-refractivity contribution in [3.8, 4) is 39.7 Å². The number of fused-ring (bicyclic) bond motifs is 1. The molecule has 1 aromatic carbocycles. The van der Waals surface area contributed by atoms with Crippen LogP contribution in [0, 0.1) is 0 Å². The van der Waals surface area contributed by atoms with Gasteiger partial charge >= 0.3 is 0 Å². The molecular weight excluding hydrogens is 376 g/mol. The maximum absolute atomic E-state index is 6.25. The van der Waals surface area contributed by atoms with Gasteiger partial charge in [0.15, 0.2) is 5.65 Å². The van der Waals surface area contributed by atoms with Gasteiger partial charge in [-0.25, -0.2) is 15.0 Å². The summed E-state index contributed by atoms with van der Waals surface area (Å²) < 4.78 is 5.41. The first-order valence-corrected chi connectivity index (χ1v) is 9.41. The second-order valence-corrected chi connectivity index (χ2v) is 6.69. The number of rotatable bonds is 4. The Morgan fingerprint density at radius 3 is 2.57 bits per heavy atom. The number of hydrogen-bond acceptors (Lipinski definition) is 6. The summed E-state index contributed by atoms with van der Waals surface area (Å²) in [6.07, 6.45) is 3.41. The van der Waals surface area contributed by atoms with Crippen molar-refractivity contribution in [1.82, 2.24) is 24.9 Å². The second-order valence-electron chi connectivity index (χ2n) is 6.69. The minimum atomic E-state index is 0.405. The number of nitrogen functional groups attached to an aromatic ring is 1. The lowest BCUT2D eigenvalue weighted by molar-refractivity contribution is 0.414. The second kappa shape index (κ2) is 7.29. The average molecular weight is 394 g/mol. The lowest BCUT2D eigenvalue weighted by Gasteiger charge is -2.09. The van der Waals surface area contributed by atoms with Gasteiger partial charge in [0.05, 0.1) is 23.9 Å². The minimum absolute atomic E-state index is 0.405. The molecule has 0 saturated carbocycles. The van der Waals surface area contributed by atoms with Gasteiger partial charge in [0.1, 0.15) is 23.1 Å². The number of methoxy groups -OCH3 is 1. The zero-order chi connectivity index (χ0) is 20.5. The van der Waals surface area contributed by atoms with Crippen LogP contribution in [-0.2, 0) is 0 Å². The third-order valence-corrected chi connectivity index (χ3v) is 4.88. The van der Waals surface area contributed by atoms with Gasteiger partial charge in [0.25, 0.3) is 0 Å². The number of aromatic amines is 1. The molecule has 0 atom stereocenters. The van der Waals surface area contributed by atoms with Gasteiger partial charge in [-0.15, -0.1) is 0 Å². The van der Waals surface area contributed by atoms with E-state index < -0.39 is 0 Å². The summed E-state index contributed by atoms with van der Waals surface area (Å²) in [6.45, 7) is 0. The van der Waals surface area contributed by atoms with Crippen LogP contribution in [0.4, 0.5) is 5.82 Å². The molecule has 4 aromatic heterocycles. The molecule has 0 bridgehead atoms.